The molecule has 0 atom stereocenters. The van der Waals surface area contributed by atoms with Gasteiger partial charge in [0.1, 0.15) is 12.1 Å². The van der Waals surface area contributed by atoms with Gasteiger partial charge in [-0.2, -0.15) is 0 Å². The van der Waals surface area contributed by atoms with Crippen LogP contribution in [-0.4, -0.2) is 20.9 Å². The third-order valence-electron chi connectivity index (χ3n) is 2.87. The quantitative estimate of drug-likeness (QED) is 0.413. The molecule has 23 heavy (non-hydrogen) atoms. The van der Waals surface area contributed by atoms with Crippen molar-refractivity contribution in [3.8, 4) is 17.6 Å². The second-order valence-corrected chi connectivity index (χ2v) is 4.50. The Bertz CT molecular complexity index is 852. The summed E-state index contributed by atoms with van der Waals surface area (Å²) in [6.07, 6.45) is 6.19. The molecule has 0 spiro atoms. The number of carbonyl (C=O) groups excluding carboxylic acids is 1. The molecular weight excluding hydrogens is 290 g/mol. The van der Waals surface area contributed by atoms with Gasteiger partial charge in [-0.05, 0) is 42.5 Å². The van der Waals surface area contributed by atoms with Crippen LogP contribution < -0.4 is 4.74 Å². The number of ether oxygens (including phenoxy) is 1. The molecule has 3 rings (SSSR count). The van der Waals surface area contributed by atoms with Crippen molar-refractivity contribution in [3.05, 3.63) is 84.2 Å². The van der Waals surface area contributed by atoms with Crippen LogP contribution in [0.5, 0.6) is 5.75 Å². The van der Waals surface area contributed by atoms with E-state index in [4.69, 9.17) is 4.74 Å². The third-order valence-corrected chi connectivity index (χ3v) is 2.87. The Kier molecular flexibility index (Phi) is 4.36. The van der Waals surface area contributed by atoms with Gasteiger partial charge in [0.2, 0.25) is 0 Å². The Labute approximate surface area is 133 Å². The largest absolute Gasteiger partial charge is 0.422 e. The highest BCUT2D eigenvalue weighted by molar-refractivity contribution is 5.88. The van der Waals surface area contributed by atoms with Crippen LogP contribution in [0.15, 0.2) is 67.4 Å². The molecule has 2 heterocycles. The number of hydrogen-bond donors (Lipinski definition) is 0. The number of benzene rings is 1. The molecule has 5 nitrogen and oxygen atoms in total. The number of carbonyl (C=O) groups is 1. The average Bonchev–Trinajstić information content (AvgIpc) is 2.63. The maximum absolute atomic E-state index is 11.9. The second-order valence-electron chi connectivity index (χ2n) is 4.50. The summed E-state index contributed by atoms with van der Waals surface area (Å²) in [7, 11) is 0. The number of pyridine rings is 1. The fourth-order valence-corrected chi connectivity index (χ4v) is 1.76. The summed E-state index contributed by atoms with van der Waals surface area (Å²) in [6, 6.07) is 12.2. The first-order valence-corrected chi connectivity index (χ1v) is 6.81. The highest BCUT2D eigenvalue weighted by Crippen LogP contribution is 2.13. The van der Waals surface area contributed by atoms with E-state index >= 15 is 0 Å². The van der Waals surface area contributed by atoms with E-state index in [1.54, 1.807) is 36.7 Å². The van der Waals surface area contributed by atoms with Crippen molar-refractivity contribution in [1.82, 2.24) is 15.0 Å². The SMILES string of the molecule is O=C(Oc1ccc(C#Cc2cccnc2)cc1)c1ccncn1. The van der Waals surface area contributed by atoms with Crippen molar-refractivity contribution in [2.45, 2.75) is 0 Å². The molecule has 0 radical (unpaired) electrons. The Balaban J connectivity index is 1.68. The predicted molar refractivity (Wildman–Crippen MR) is 83.6 cm³/mol. The minimum absolute atomic E-state index is 0.209. The summed E-state index contributed by atoms with van der Waals surface area (Å²) in [5.74, 6) is 5.94. The molecule has 3 aromatic rings. The molecule has 2 aromatic heterocycles. The molecule has 0 aliphatic carbocycles. The van der Waals surface area contributed by atoms with Gasteiger partial charge in [-0.15, -0.1) is 0 Å². The van der Waals surface area contributed by atoms with Crippen molar-refractivity contribution in [3.63, 3.8) is 0 Å². The molecule has 0 bridgehead atoms. The first-order valence-electron chi connectivity index (χ1n) is 6.81. The van der Waals surface area contributed by atoms with E-state index in [1.165, 1.54) is 18.6 Å². The molecule has 0 aliphatic rings. The van der Waals surface area contributed by atoms with Gasteiger partial charge in [0.15, 0.2) is 5.69 Å². The summed E-state index contributed by atoms with van der Waals surface area (Å²) in [5, 5.41) is 0. The zero-order valence-electron chi connectivity index (χ0n) is 12.0. The van der Waals surface area contributed by atoms with E-state index in [0.29, 0.717) is 5.75 Å². The molecule has 0 aliphatic heterocycles. The molecule has 0 fully saturated rings. The molecule has 0 unspecified atom stereocenters. The predicted octanol–water partition coefficient (Wildman–Crippen LogP) is 2.49. The van der Waals surface area contributed by atoms with E-state index in [0.717, 1.165) is 11.1 Å². The first-order chi connectivity index (χ1) is 11.3. The van der Waals surface area contributed by atoms with E-state index in [-0.39, 0.29) is 5.69 Å². The third kappa shape index (κ3) is 3.99. The van der Waals surface area contributed by atoms with E-state index in [2.05, 4.69) is 26.8 Å². The summed E-state index contributed by atoms with van der Waals surface area (Å²) in [4.78, 5) is 23.5. The number of aromatic nitrogens is 3. The normalized spacial score (nSPS) is 9.57. The first kappa shape index (κ1) is 14.4. The summed E-state index contributed by atoms with van der Waals surface area (Å²) >= 11 is 0. The van der Waals surface area contributed by atoms with Crippen molar-refractivity contribution in [1.29, 1.82) is 0 Å². The summed E-state index contributed by atoms with van der Waals surface area (Å²) in [6.45, 7) is 0. The Hall–Kier alpha value is -3.52. The number of rotatable bonds is 2. The molecule has 0 amide bonds. The van der Waals surface area contributed by atoms with Crippen molar-refractivity contribution >= 4 is 5.97 Å². The second kappa shape index (κ2) is 6.96. The number of hydrogen-bond acceptors (Lipinski definition) is 5. The van der Waals surface area contributed by atoms with Gasteiger partial charge < -0.3 is 4.74 Å². The minimum Gasteiger partial charge on any atom is -0.422 e. The van der Waals surface area contributed by atoms with Crippen LogP contribution in [0.2, 0.25) is 0 Å². The van der Waals surface area contributed by atoms with Crippen LogP contribution in [0.25, 0.3) is 0 Å². The minimum atomic E-state index is -0.526. The monoisotopic (exact) mass is 301 g/mol. The average molecular weight is 301 g/mol. The molecule has 0 N–H and O–H groups in total. The molecule has 110 valence electrons. The summed E-state index contributed by atoms with van der Waals surface area (Å²) in [5.41, 5.74) is 1.86. The van der Waals surface area contributed by atoms with Crippen LogP contribution in [0.3, 0.4) is 0 Å². The Morgan fingerprint density at radius 2 is 1.74 bits per heavy atom. The molecule has 0 saturated carbocycles. The molecule has 5 heteroatoms. The van der Waals surface area contributed by atoms with Gasteiger partial charge in [-0.1, -0.05) is 11.8 Å². The van der Waals surface area contributed by atoms with Gasteiger partial charge in [0, 0.05) is 29.7 Å². The van der Waals surface area contributed by atoms with Crippen molar-refractivity contribution in [2.75, 3.05) is 0 Å². The van der Waals surface area contributed by atoms with E-state index < -0.39 is 5.97 Å². The highest BCUT2D eigenvalue weighted by Gasteiger charge is 2.09. The standard InChI is InChI=1S/C18H11N3O2/c22-18(17-9-11-20-13-21-17)23-16-7-5-14(6-8-16)3-4-15-2-1-10-19-12-15/h1-2,5-13H. The van der Waals surface area contributed by atoms with Crippen LogP contribution in [0, 0.1) is 11.8 Å². The summed E-state index contributed by atoms with van der Waals surface area (Å²) < 4.78 is 5.23. The lowest BCUT2D eigenvalue weighted by molar-refractivity contribution is 0.0728. The van der Waals surface area contributed by atoms with Crippen molar-refractivity contribution in [2.24, 2.45) is 0 Å². The highest BCUT2D eigenvalue weighted by atomic mass is 16.5. The number of esters is 1. The maximum atomic E-state index is 11.9. The van der Waals surface area contributed by atoms with Gasteiger partial charge in [-0.25, -0.2) is 14.8 Å². The van der Waals surface area contributed by atoms with E-state index in [1.807, 2.05) is 12.1 Å². The zero-order valence-corrected chi connectivity index (χ0v) is 12.0. The lowest BCUT2D eigenvalue weighted by Crippen LogP contribution is -2.10. The molecule has 1 aromatic carbocycles. The smallest absolute Gasteiger partial charge is 0.362 e. The van der Waals surface area contributed by atoms with Crippen LogP contribution in [0.1, 0.15) is 21.6 Å². The fourth-order valence-electron chi connectivity index (χ4n) is 1.76. The van der Waals surface area contributed by atoms with Crippen LogP contribution >= 0.6 is 0 Å². The zero-order chi connectivity index (χ0) is 15.9. The molecular formula is C18H11N3O2. The number of nitrogens with zero attached hydrogens (tertiary/aromatic N) is 3. The van der Waals surface area contributed by atoms with Crippen LogP contribution in [-0.2, 0) is 0 Å². The van der Waals surface area contributed by atoms with Gasteiger partial charge in [0.25, 0.3) is 0 Å². The Morgan fingerprint density at radius 3 is 2.43 bits per heavy atom. The van der Waals surface area contributed by atoms with Crippen molar-refractivity contribution < 1.29 is 9.53 Å². The maximum Gasteiger partial charge on any atom is 0.362 e. The van der Waals surface area contributed by atoms with E-state index in [9.17, 15) is 4.79 Å². The lowest BCUT2D eigenvalue weighted by atomic mass is 10.2. The fraction of sp³-hybridized carbons (Fsp3) is 0. The topological polar surface area (TPSA) is 65.0 Å². The molecule has 0 saturated heterocycles. The van der Waals surface area contributed by atoms with Gasteiger partial charge >= 0.3 is 5.97 Å². The van der Waals surface area contributed by atoms with Gasteiger partial charge in [-0.3, -0.25) is 4.98 Å². The van der Waals surface area contributed by atoms with Crippen LogP contribution in [0.4, 0.5) is 0 Å². The Morgan fingerprint density at radius 1 is 0.913 bits per heavy atom. The lowest BCUT2D eigenvalue weighted by Gasteiger charge is -2.03. The van der Waals surface area contributed by atoms with Gasteiger partial charge in [0.05, 0.1) is 0 Å².